The smallest absolute Gasteiger partial charge is 0.163 e. The summed E-state index contributed by atoms with van der Waals surface area (Å²) in [7, 11) is 0. The lowest BCUT2D eigenvalue weighted by atomic mass is 10.1. The second-order valence-corrected chi connectivity index (χ2v) is 6.71. The molecule has 0 saturated carbocycles. The van der Waals surface area contributed by atoms with E-state index in [0.29, 0.717) is 0 Å². The largest absolute Gasteiger partial charge is 0.395 e. The van der Waals surface area contributed by atoms with Crippen LogP contribution >= 0.6 is 0 Å². The van der Waals surface area contributed by atoms with Gasteiger partial charge in [-0.2, -0.15) is 5.10 Å². The summed E-state index contributed by atoms with van der Waals surface area (Å²) >= 11 is 0. The van der Waals surface area contributed by atoms with Gasteiger partial charge in [0.25, 0.3) is 0 Å². The molecule has 120 valence electrons. The van der Waals surface area contributed by atoms with Crippen LogP contribution in [0.1, 0.15) is 20.8 Å². The van der Waals surface area contributed by atoms with E-state index >= 15 is 0 Å². The van der Waals surface area contributed by atoms with Gasteiger partial charge in [0, 0.05) is 32.7 Å². The summed E-state index contributed by atoms with van der Waals surface area (Å²) in [4.78, 5) is 13.5. The molecule has 0 unspecified atom stereocenters. The fraction of sp³-hybridized carbons (Fsp3) is 0.667. The molecule has 1 aliphatic heterocycles. The lowest BCUT2D eigenvalue weighted by Gasteiger charge is -2.35. The normalized spacial score (nSPS) is 17.4. The first-order valence-electron chi connectivity index (χ1n) is 7.78. The average Bonchev–Trinajstić information content (AvgIpc) is 2.92. The Morgan fingerprint density at radius 1 is 1.14 bits per heavy atom. The van der Waals surface area contributed by atoms with Crippen LogP contribution < -0.4 is 4.90 Å². The van der Waals surface area contributed by atoms with Gasteiger partial charge >= 0.3 is 0 Å². The van der Waals surface area contributed by atoms with Crippen LogP contribution in [0.3, 0.4) is 0 Å². The van der Waals surface area contributed by atoms with Crippen molar-refractivity contribution >= 4 is 16.9 Å². The number of aliphatic hydroxyl groups excluding tert-OH is 1. The number of piperazine rings is 1. The highest BCUT2D eigenvalue weighted by Gasteiger charge is 2.23. The monoisotopic (exact) mass is 304 g/mol. The lowest BCUT2D eigenvalue weighted by Crippen LogP contribution is -2.47. The summed E-state index contributed by atoms with van der Waals surface area (Å²) in [6, 6.07) is 0. The van der Waals surface area contributed by atoms with E-state index in [2.05, 4.69) is 45.6 Å². The van der Waals surface area contributed by atoms with Crippen molar-refractivity contribution in [2.75, 3.05) is 44.2 Å². The number of aliphatic hydroxyl groups is 1. The van der Waals surface area contributed by atoms with E-state index in [1.165, 1.54) is 0 Å². The van der Waals surface area contributed by atoms with Crippen LogP contribution in [-0.2, 0) is 5.54 Å². The van der Waals surface area contributed by atoms with E-state index in [4.69, 9.17) is 5.11 Å². The SMILES string of the molecule is CC(C)(C)n1ncc2c(N3CCN(CCO)CC3)ncnc21. The number of rotatable bonds is 3. The minimum absolute atomic E-state index is 0.104. The van der Waals surface area contributed by atoms with E-state index in [0.717, 1.165) is 49.6 Å². The molecule has 0 bridgehead atoms. The molecule has 0 radical (unpaired) electrons. The molecule has 0 amide bonds. The molecular formula is C15H24N6O. The van der Waals surface area contributed by atoms with E-state index in [1.54, 1.807) is 6.33 Å². The Bertz CT molecular complexity index is 639. The minimum atomic E-state index is -0.104. The second-order valence-electron chi connectivity index (χ2n) is 6.71. The molecule has 0 aromatic carbocycles. The van der Waals surface area contributed by atoms with Crippen LogP contribution in [-0.4, -0.2) is 69.1 Å². The highest BCUT2D eigenvalue weighted by Crippen LogP contribution is 2.26. The molecule has 1 N–H and O–H groups in total. The fourth-order valence-corrected chi connectivity index (χ4v) is 2.90. The van der Waals surface area contributed by atoms with Crippen LogP contribution in [0.15, 0.2) is 12.5 Å². The number of hydrogen-bond donors (Lipinski definition) is 1. The van der Waals surface area contributed by atoms with Gasteiger partial charge in [-0.3, -0.25) is 4.90 Å². The molecule has 0 spiro atoms. The quantitative estimate of drug-likeness (QED) is 0.900. The standard InChI is InChI=1S/C15H24N6O/c1-15(2,3)21-14-12(10-18-21)13(16-11-17-14)20-6-4-19(5-7-20)8-9-22/h10-11,22H,4-9H2,1-3H3. The van der Waals surface area contributed by atoms with Crippen molar-refractivity contribution in [3.8, 4) is 0 Å². The van der Waals surface area contributed by atoms with Crippen molar-refractivity contribution in [1.29, 1.82) is 0 Å². The molecule has 1 aliphatic rings. The minimum Gasteiger partial charge on any atom is -0.395 e. The van der Waals surface area contributed by atoms with Crippen molar-refractivity contribution in [1.82, 2.24) is 24.6 Å². The molecule has 7 nitrogen and oxygen atoms in total. The van der Waals surface area contributed by atoms with Crippen molar-refractivity contribution in [2.24, 2.45) is 0 Å². The van der Waals surface area contributed by atoms with Gasteiger partial charge in [-0.15, -0.1) is 0 Å². The molecule has 7 heteroatoms. The van der Waals surface area contributed by atoms with Gasteiger partial charge in [-0.05, 0) is 20.8 Å². The Morgan fingerprint density at radius 2 is 1.86 bits per heavy atom. The fourth-order valence-electron chi connectivity index (χ4n) is 2.90. The number of nitrogens with zero attached hydrogens (tertiary/aromatic N) is 6. The summed E-state index contributed by atoms with van der Waals surface area (Å²) in [5, 5.41) is 14.6. The topological polar surface area (TPSA) is 70.3 Å². The van der Waals surface area contributed by atoms with Gasteiger partial charge in [0.15, 0.2) is 5.65 Å². The molecule has 3 rings (SSSR count). The van der Waals surface area contributed by atoms with Gasteiger partial charge in [0.1, 0.15) is 12.1 Å². The second kappa shape index (κ2) is 5.81. The van der Waals surface area contributed by atoms with E-state index in [-0.39, 0.29) is 12.1 Å². The third-order valence-corrected chi connectivity index (χ3v) is 4.07. The summed E-state index contributed by atoms with van der Waals surface area (Å²) < 4.78 is 1.95. The highest BCUT2D eigenvalue weighted by molar-refractivity contribution is 5.86. The third kappa shape index (κ3) is 2.78. The molecule has 1 fully saturated rings. The third-order valence-electron chi connectivity index (χ3n) is 4.07. The van der Waals surface area contributed by atoms with Gasteiger partial charge in [-0.25, -0.2) is 14.6 Å². The summed E-state index contributed by atoms with van der Waals surface area (Å²) in [5.41, 5.74) is 0.781. The first-order chi connectivity index (χ1) is 10.5. The van der Waals surface area contributed by atoms with Crippen molar-refractivity contribution in [3.05, 3.63) is 12.5 Å². The first kappa shape index (κ1) is 15.2. The molecule has 0 atom stereocenters. The van der Waals surface area contributed by atoms with Crippen molar-refractivity contribution in [3.63, 3.8) is 0 Å². The Labute approximate surface area is 130 Å². The number of aromatic nitrogens is 4. The zero-order valence-corrected chi connectivity index (χ0v) is 13.5. The maximum Gasteiger partial charge on any atom is 0.163 e. The number of anilines is 1. The van der Waals surface area contributed by atoms with E-state index < -0.39 is 0 Å². The Morgan fingerprint density at radius 3 is 2.50 bits per heavy atom. The summed E-state index contributed by atoms with van der Waals surface area (Å²) in [5.74, 6) is 0.962. The van der Waals surface area contributed by atoms with Crippen LogP contribution in [0.2, 0.25) is 0 Å². The van der Waals surface area contributed by atoms with Crippen molar-refractivity contribution < 1.29 is 5.11 Å². The molecule has 0 aliphatic carbocycles. The van der Waals surface area contributed by atoms with E-state index in [9.17, 15) is 0 Å². The van der Waals surface area contributed by atoms with Gasteiger partial charge in [0.2, 0.25) is 0 Å². The maximum atomic E-state index is 9.03. The average molecular weight is 304 g/mol. The predicted octanol–water partition coefficient (Wildman–Crippen LogP) is 0.696. The molecule has 2 aromatic rings. The van der Waals surface area contributed by atoms with E-state index in [1.807, 2.05) is 10.9 Å². The molecule has 22 heavy (non-hydrogen) atoms. The van der Waals surface area contributed by atoms with Gasteiger partial charge in [0.05, 0.1) is 23.7 Å². The van der Waals surface area contributed by atoms with Crippen LogP contribution in [0.5, 0.6) is 0 Å². The zero-order chi connectivity index (χ0) is 15.7. The molecule has 1 saturated heterocycles. The first-order valence-corrected chi connectivity index (χ1v) is 7.78. The number of hydrogen-bond acceptors (Lipinski definition) is 6. The number of fused-ring (bicyclic) bond motifs is 1. The summed E-state index contributed by atoms with van der Waals surface area (Å²) in [6.45, 7) is 11.0. The molecular weight excluding hydrogens is 280 g/mol. The lowest BCUT2D eigenvalue weighted by molar-refractivity contribution is 0.188. The Balaban J connectivity index is 1.88. The van der Waals surface area contributed by atoms with Crippen LogP contribution in [0.4, 0.5) is 5.82 Å². The Hall–Kier alpha value is -1.73. The summed E-state index contributed by atoms with van der Waals surface area (Å²) in [6.07, 6.45) is 3.50. The Kier molecular flexibility index (Phi) is 4.01. The van der Waals surface area contributed by atoms with Crippen LogP contribution in [0.25, 0.3) is 11.0 Å². The molecule has 3 heterocycles. The predicted molar refractivity (Wildman–Crippen MR) is 86.1 cm³/mol. The molecule has 2 aromatic heterocycles. The highest BCUT2D eigenvalue weighted by atomic mass is 16.3. The van der Waals surface area contributed by atoms with Crippen molar-refractivity contribution in [2.45, 2.75) is 26.3 Å². The van der Waals surface area contributed by atoms with Gasteiger partial charge < -0.3 is 10.0 Å². The zero-order valence-electron chi connectivity index (χ0n) is 13.5. The maximum absolute atomic E-state index is 9.03. The number of β-amino-alcohol motifs (C(OH)–C–C–N with tert-alkyl or cyclic N) is 1. The van der Waals surface area contributed by atoms with Crippen LogP contribution in [0, 0.1) is 0 Å². The van der Waals surface area contributed by atoms with Gasteiger partial charge in [-0.1, -0.05) is 0 Å².